The van der Waals surface area contributed by atoms with Gasteiger partial charge in [0.05, 0.1) is 5.69 Å². The van der Waals surface area contributed by atoms with Crippen molar-refractivity contribution in [2.75, 3.05) is 7.05 Å². The number of rotatable bonds is 4. The van der Waals surface area contributed by atoms with E-state index in [1.54, 1.807) is 16.0 Å². The first-order valence-electron chi connectivity index (χ1n) is 5.23. The van der Waals surface area contributed by atoms with E-state index in [0.29, 0.717) is 5.92 Å². The van der Waals surface area contributed by atoms with Gasteiger partial charge in [0, 0.05) is 12.7 Å². The molecule has 86 valence electrons. The highest BCUT2D eigenvalue weighted by atomic mass is 32.1. The van der Waals surface area contributed by atoms with E-state index in [2.05, 4.69) is 34.5 Å². The molecule has 0 aliphatic rings. The Labute approximate surface area is 98.5 Å². The summed E-state index contributed by atoms with van der Waals surface area (Å²) in [4.78, 5) is 0. The van der Waals surface area contributed by atoms with Crippen molar-refractivity contribution in [2.24, 2.45) is 0 Å². The zero-order chi connectivity index (χ0) is 11.5. The first kappa shape index (κ1) is 11.2. The second-order valence-electron chi connectivity index (χ2n) is 3.85. The Morgan fingerprint density at radius 1 is 1.44 bits per heavy atom. The largest absolute Gasteiger partial charge is 0.313 e. The van der Waals surface area contributed by atoms with Gasteiger partial charge in [-0.25, -0.2) is 4.68 Å². The zero-order valence-electron chi connectivity index (χ0n) is 9.64. The van der Waals surface area contributed by atoms with Crippen molar-refractivity contribution in [1.82, 2.24) is 25.3 Å². The predicted octanol–water partition coefficient (Wildman–Crippen LogP) is 1.57. The van der Waals surface area contributed by atoms with Crippen LogP contribution in [0.2, 0.25) is 0 Å². The van der Waals surface area contributed by atoms with Crippen molar-refractivity contribution in [3.05, 3.63) is 23.0 Å². The summed E-state index contributed by atoms with van der Waals surface area (Å²) in [6.07, 6.45) is 1.93. The van der Waals surface area contributed by atoms with Crippen LogP contribution in [-0.4, -0.2) is 27.0 Å². The fraction of sp³-hybridized carbons (Fsp3) is 0.500. The van der Waals surface area contributed by atoms with E-state index in [1.807, 2.05) is 19.3 Å². The highest BCUT2D eigenvalue weighted by Gasteiger charge is 2.08. The third-order valence-corrected chi connectivity index (χ3v) is 3.09. The Bertz CT molecular complexity index is 459. The minimum absolute atomic E-state index is 0.436. The Morgan fingerprint density at radius 3 is 2.88 bits per heavy atom. The number of aromatic nitrogens is 4. The maximum Gasteiger partial charge on any atom is 0.232 e. The van der Waals surface area contributed by atoms with Crippen molar-refractivity contribution < 1.29 is 0 Å². The number of hydrogen-bond donors (Lipinski definition) is 1. The fourth-order valence-electron chi connectivity index (χ4n) is 1.31. The highest BCUT2D eigenvalue weighted by molar-refractivity contribution is 7.13. The van der Waals surface area contributed by atoms with Crippen LogP contribution in [0.1, 0.15) is 30.5 Å². The summed E-state index contributed by atoms with van der Waals surface area (Å²) < 4.78 is 1.78. The maximum absolute atomic E-state index is 4.46. The minimum Gasteiger partial charge on any atom is -0.313 e. The van der Waals surface area contributed by atoms with Crippen molar-refractivity contribution in [3.63, 3.8) is 0 Å². The van der Waals surface area contributed by atoms with Gasteiger partial charge >= 0.3 is 0 Å². The summed E-state index contributed by atoms with van der Waals surface area (Å²) in [6.45, 7) is 4.99. The molecule has 0 aliphatic carbocycles. The van der Waals surface area contributed by atoms with Gasteiger partial charge in [-0.1, -0.05) is 25.2 Å². The fourth-order valence-corrected chi connectivity index (χ4v) is 2.10. The van der Waals surface area contributed by atoms with Crippen LogP contribution in [0, 0.1) is 0 Å². The molecule has 2 rings (SSSR count). The Morgan fingerprint density at radius 2 is 2.25 bits per heavy atom. The smallest absolute Gasteiger partial charge is 0.232 e. The van der Waals surface area contributed by atoms with Gasteiger partial charge in [-0.3, -0.25) is 0 Å². The quantitative estimate of drug-likeness (QED) is 0.877. The number of nitrogens with zero attached hydrogens (tertiary/aromatic N) is 4. The average Bonchev–Trinajstić information content (AvgIpc) is 2.84. The maximum atomic E-state index is 4.46. The van der Waals surface area contributed by atoms with Crippen LogP contribution in [0.3, 0.4) is 0 Å². The molecular weight excluding hydrogens is 222 g/mol. The molecule has 0 amide bonds. The summed E-state index contributed by atoms with van der Waals surface area (Å²) >= 11 is 1.55. The van der Waals surface area contributed by atoms with Gasteiger partial charge < -0.3 is 5.32 Å². The summed E-state index contributed by atoms with van der Waals surface area (Å²) in [6, 6.07) is 2.02. The molecule has 5 nitrogen and oxygen atoms in total. The van der Waals surface area contributed by atoms with E-state index >= 15 is 0 Å². The molecule has 1 N–H and O–H groups in total. The van der Waals surface area contributed by atoms with Crippen LogP contribution in [0.5, 0.6) is 0 Å². The van der Waals surface area contributed by atoms with Gasteiger partial charge in [-0.15, -0.1) is 10.2 Å². The van der Waals surface area contributed by atoms with Crippen molar-refractivity contribution in [3.8, 4) is 5.13 Å². The molecule has 16 heavy (non-hydrogen) atoms. The SMILES string of the molecule is CNCc1nnc(-n2ccc(C(C)C)n2)s1. The minimum atomic E-state index is 0.436. The molecule has 2 heterocycles. The normalized spacial score (nSPS) is 11.2. The molecule has 0 unspecified atom stereocenters. The van der Waals surface area contributed by atoms with E-state index in [0.717, 1.165) is 22.4 Å². The molecule has 0 aliphatic heterocycles. The van der Waals surface area contributed by atoms with Crippen LogP contribution in [-0.2, 0) is 6.54 Å². The predicted molar refractivity (Wildman–Crippen MR) is 63.9 cm³/mol. The van der Waals surface area contributed by atoms with Crippen molar-refractivity contribution >= 4 is 11.3 Å². The number of nitrogens with one attached hydrogen (secondary N) is 1. The summed E-state index contributed by atoms with van der Waals surface area (Å²) in [5, 5.41) is 17.5. The monoisotopic (exact) mass is 237 g/mol. The molecule has 0 saturated heterocycles. The standard InChI is InChI=1S/C10H15N5S/c1-7(2)8-4-5-15(14-8)10-13-12-9(16-10)6-11-3/h4-5,7,11H,6H2,1-3H3. The van der Waals surface area contributed by atoms with E-state index in [-0.39, 0.29) is 0 Å². The first-order chi connectivity index (χ1) is 7.70. The molecule has 0 bridgehead atoms. The Kier molecular flexibility index (Phi) is 3.31. The van der Waals surface area contributed by atoms with E-state index in [4.69, 9.17) is 0 Å². The van der Waals surface area contributed by atoms with E-state index < -0.39 is 0 Å². The molecular formula is C10H15N5S. The zero-order valence-corrected chi connectivity index (χ0v) is 10.5. The molecule has 0 saturated carbocycles. The van der Waals surface area contributed by atoms with Gasteiger partial charge in [0.25, 0.3) is 0 Å². The van der Waals surface area contributed by atoms with E-state index in [1.165, 1.54) is 0 Å². The Balaban J connectivity index is 2.21. The van der Waals surface area contributed by atoms with Gasteiger partial charge in [-0.05, 0) is 19.0 Å². The summed E-state index contributed by atoms with van der Waals surface area (Å²) in [7, 11) is 1.89. The Hall–Kier alpha value is -1.27. The number of hydrogen-bond acceptors (Lipinski definition) is 5. The molecule has 6 heteroatoms. The van der Waals surface area contributed by atoms with Gasteiger partial charge in [0.15, 0.2) is 0 Å². The summed E-state index contributed by atoms with van der Waals surface area (Å²) in [5.74, 6) is 0.436. The third-order valence-electron chi connectivity index (χ3n) is 2.18. The molecule has 0 radical (unpaired) electrons. The van der Waals surface area contributed by atoms with Gasteiger partial charge in [0.2, 0.25) is 5.13 Å². The van der Waals surface area contributed by atoms with Crippen LogP contribution in [0.25, 0.3) is 5.13 Å². The molecule has 2 aromatic heterocycles. The van der Waals surface area contributed by atoms with Gasteiger partial charge in [-0.2, -0.15) is 5.10 Å². The van der Waals surface area contributed by atoms with Crippen molar-refractivity contribution in [2.45, 2.75) is 26.3 Å². The van der Waals surface area contributed by atoms with Crippen molar-refractivity contribution in [1.29, 1.82) is 0 Å². The molecule has 0 spiro atoms. The lowest BCUT2D eigenvalue weighted by atomic mass is 10.1. The molecule has 0 fully saturated rings. The second-order valence-corrected chi connectivity index (χ2v) is 4.89. The third kappa shape index (κ3) is 2.28. The second kappa shape index (κ2) is 4.71. The van der Waals surface area contributed by atoms with E-state index in [9.17, 15) is 0 Å². The molecule has 2 aromatic rings. The average molecular weight is 237 g/mol. The van der Waals surface area contributed by atoms with Crippen LogP contribution in [0.4, 0.5) is 0 Å². The molecule has 0 atom stereocenters. The van der Waals surface area contributed by atoms with Crippen LogP contribution in [0.15, 0.2) is 12.3 Å². The topological polar surface area (TPSA) is 55.6 Å². The summed E-state index contributed by atoms with van der Waals surface area (Å²) in [5.41, 5.74) is 1.07. The molecule has 0 aromatic carbocycles. The lowest BCUT2D eigenvalue weighted by Gasteiger charge is -1.97. The lowest BCUT2D eigenvalue weighted by Crippen LogP contribution is -2.04. The van der Waals surface area contributed by atoms with Gasteiger partial charge in [0.1, 0.15) is 5.01 Å². The lowest BCUT2D eigenvalue weighted by molar-refractivity contribution is 0.754. The van der Waals surface area contributed by atoms with Crippen LogP contribution < -0.4 is 5.32 Å². The van der Waals surface area contributed by atoms with Crippen LogP contribution >= 0.6 is 11.3 Å². The highest BCUT2D eigenvalue weighted by Crippen LogP contribution is 2.17. The first-order valence-corrected chi connectivity index (χ1v) is 6.05.